The maximum atomic E-state index is 5.87. The van der Waals surface area contributed by atoms with Crippen molar-refractivity contribution in [2.75, 3.05) is 12.8 Å². The van der Waals surface area contributed by atoms with Crippen molar-refractivity contribution in [2.45, 2.75) is 20.1 Å². The molecule has 0 radical (unpaired) electrons. The van der Waals surface area contributed by atoms with Gasteiger partial charge in [0.1, 0.15) is 18.1 Å². The van der Waals surface area contributed by atoms with Gasteiger partial charge < -0.3 is 15.2 Å². The van der Waals surface area contributed by atoms with Crippen LogP contribution in [0.25, 0.3) is 0 Å². The highest BCUT2D eigenvalue weighted by atomic mass is 16.5. The fraction of sp³-hybridized carbons (Fsp3) is 0.308. The number of hydrogen-bond acceptors (Lipinski definition) is 4. The van der Waals surface area contributed by atoms with Crippen LogP contribution in [0.3, 0.4) is 0 Å². The van der Waals surface area contributed by atoms with E-state index in [9.17, 15) is 0 Å². The second-order valence-corrected chi connectivity index (χ2v) is 3.90. The van der Waals surface area contributed by atoms with Crippen molar-refractivity contribution in [1.82, 2.24) is 9.78 Å². The summed E-state index contributed by atoms with van der Waals surface area (Å²) in [6.07, 6.45) is 3.75. The Morgan fingerprint density at radius 2 is 2.22 bits per heavy atom. The molecule has 0 spiro atoms. The molecule has 0 atom stereocenters. The zero-order valence-electron chi connectivity index (χ0n) is 10.6. The Labute approximate surface area is 106 Å². The van der Waals surface area contributed by atoms with Gasteiger partial charge in [0, 0.05) is 24.4 Å². The SMILES string of the molecule is CCn1cc(COc2ccc(OC)cc2N)cn1. The maximum Gasteiger partial charge on any atom is 0.142 e. The first-order valence-corrected chi connectivity index (χ1v) is 5.80. The highest BCUT2D eigenvalue weighted by Crippen LogP contribution is 2.26. The van der Waals surface area contributed by atoms with Gasteiger partial charge in [-0.1, -0.05) is 0 Å². The van der Waals surface area contributed by atoms with Crippen LogP contribution in [0.4, 0.5) is 5.69 Å². The van der Waals surface area contributed by atoms with E-state index in [2.05, 4.69) is 5.10 Å². The molecule has 0 bridgehead atoms. The molecule has 2 N–H and O–H groups in total. The van der Waals surface area contributed by atoms with Gasteiger partial charge in [-0.15, -0.1) is 0 Å². The third kappa shape index (κ3) is 2.74. The molecule has 18 heavy (non-hydrogen) atoms. The molecule has 1 aromatic carbocycles. The lowest BCUT2D eigenvalue weighted by atomic mass is 10.3. The molecule has 0 amide bonds. The number of rotatable bonds is 5. The molecule has 2 rings (SSSR count). The summed E-state index contributed by atoms with van der Waals surface area (Å²) in [5.41, 5.74) is 7.45. The minimum absolute atomic E-state index is 0.455. The number of aryl methyl sites for hydroxylation is 1. The molecule has 0 fully saturated rings. The van der Waals surface area contributed by atoms with Crippen LogP contribution in [-0.2, 0) is 13.2 Å². The molecule has 5 heteroatoms. The zero-order valence-corrected chi connectivity index (χ0v) is 10.6. The zero-order chi connectivity index (χ0) is 13.0. The average molecular weight is 247 g/mol. The molecule has 2 aromatic rings. The van der Waals surface area contributed by atoms with Gasteiger partial charge in [0.2, 0.25) is 0 Å². The van der Waals surface area contributed by atoms with Crippen LogP contribution in [0.15, 0.2) is 30.6 Å². The van der Waals surface area contributed by atoms with E-state index >= 15 is 0 Å². The third-order valence-corrected chi connectivity index (χ3v) is 2.62. The second-order valence-electron chi connectivity index (χ2n) is 3.90. The standard InChI is InChI=1S/C13H17N3O2/c1-3-16-8-10(7-15-16)9-18-13-5-4-11(17-2)6-12(13)14/h4-8H,3,9,14H2,1-2H3. The summed E-state index contributed by atoms with van der Waals surface area (Å²) < 4.78 is 12.6. The van der Waals surface area contributed by atoms with E-state index in [1.165, 1.54) is 0 Å². The summed E-state index contributed by atoms with van der Waals surface area (Å²) in [7, 11) is 1.61. The Balaban J connectivity index is 2.01. The Hall–Kier alpha value is -2.17. The molecule has 0 aliphatic heterocycles. The largest absolute Gasteiger partial charge is 0.497 e. The summed E-state index contributed by atoms with van der Waals surface area (Å²) in [5, 5.41) is 4.18. The lowest BCUT2D eigenvalue weighted by molar-refractivity contribution is 0.307. The summed E-state index contributed by atoms with van der Waals surface area (Å²) in [5.74, 6) is 1.37. The molecule has 5 nitrogen and oxygen atoms in total. The first-order valence-electron chi connectivity index (χ1n) is 5.80. The number of nitrogens with two attached hydrogens (primary N) is 1. The predicted octanol–water partition coefficient (Wildman–Crippen LogP) is 2.07. The highest BCUT2D eigenvalue weighted by molar-refractivity contribution is 5.56. The first kappa shape index (κ1) is 12.3. The van der Waals surface area contributed by atoms with Crippen molar-refractivity contribution in [3.8, 4) is 11.5 Å². The quantitative estimate of drug-likeness (QED) is 0.822. The fourth-order valence-electron chi connectivity index (χ4n) is 1.60. The molecule has 0 aliphatic carbocycles. The molecule has 0 unspecified atom stereocenters. The van der Waals surface area contributed by atoms with Crippen LogP contribution in [0.1, 0.15) is 12.5 Å². The van der Waals surface area contributed by atoms with E-state index in [-0.39, 0.29) is 0 Å². The molecule has 0 saturated carbocycles. The van der Waals surface area contributed by atoms with Gasteiger partial charge in [-0.3, -0.25) is 4.68 Å². The fourth-order valence-corrected chi connectivity index (χ4v) is 1.60. The van der Waals surface area contributed by atoms with Crippen molar-refractivity contribution >= 4 is 5.69 Å². The third-order valence-electron chi connectivity index (χ3n) is 2.62. The summed E-state index contributed by atoms with van der Waals surface area (Å²) >= 11 is 0. The van der Waals surface area contributed by atoms with E-state index in [1.807, 2.05) is 23.9 Å². The van der Waals surface area contributed by atoms with E-state index in [4.69, 9.17) is 15.2 Å². The van der Waals surface area contributed by atoms with Crippen LogP contribution in [0.2, 0.25) is 0 Å². The van der Waals surface area contributed by atoms with Gasteiger partial charge >= 0.3 is 0 Å². The van der Waals surface area contributed by atoms with Crippen molar-refractivity contribution in [1.29, 1.82) is 0 Å². The molecule has 0 saturated heterocycles. The predicted molar refractivity (Wildman–Crippen MR) is 69.6 cm³/mol. The summed E-state index contributed by atoms with van der Waals surface area (Å²) in [4.78, 5) is 0. The van der Waals surface area contributed by atoms with Crippen molar-refractivity contribution in [3.63, 3.8) is 0 Å². The lowest BCUT2D eigenvalue weighted by Gasteiger charge is -2.09. The molecular formula is C13H17N3O2. The van der Waals surface area contributed by atoms with Gasteiger partial charge in [-0.2, -0.15) is 5.10 Å². The van der Waals surface area contributed by atoms with Crippen molar-refractivity contribution in [2.24, 2.45) is 0 Å². The normalized spacial score (nSPS) is 10.3. The number of aromatic nitrogens is 2. The Morgan fingerprint density at radius 1 is 1.39 bits per heavy atom. The van der Waals surface area contributed by atoms with Crippen LogP contribution in [-0.4, -0.2) is 16.9 Å². The molecule has 0 aliphatic rings. The Kier molecular flexibility index (Phi) is 3.72. The molecular weight excluding hydrogens is 230 g/mol. The van der Waals surface area contributed by atoms with Gasteiger partial charge in [0.15, 0.2) is 0 Å². The lowest BCUT2D eigenvalue weighted by Crippen LogP contribution is -1.98. The number of methoxy groups -OCH3 is 1. The van der Waals surface area contributed by atoms with Crippen molar-refractivity contribution < 1.29 is 9.47 Å². The monoisotopic (exact) mass is 247 g/mol. The number of benzene rings is 1. The van der Waals surface area contributed by atoms with Crippen LogP contribution < -0.4 is 15.2 Å². The van der Waals surface area contributed by atoms with E-state index < -0.39 is 0 Å². The minimum Gasteiger partial charge on any atom is -0.497 e. The Morgan fingerprint density at radius 3 is 2.83 bits per heavy atom. The van der Waals surface area contributed by atoms with Gasteiger partial charge in [-0.05, 0) is 19.1 Å². The highest BCUT2D eigenvalue weighted by Gasteiger charge is 2.04. The summed E-state index contributed by atoms with van der Waals surface area (Å²) in [6, 6.07) is 5.37. The number of ether oxygens (including phenoxy) is 2. The van der Waals surface area contributed by atoms with Gasteiger partial charge in [-0.25, -0.2) is 0 Å². The first-order chi connectivity index (χ1) is 8.72. The number of nitrogens with zero attached hydrogens (tertiary/aromatic N) is 2. The molecule has 1 aromatic heterocycles. The van der Waals surface area contributed by atoms with Crippen LogP contribution >= 0.6 is 0 Å². The number of hydrogen-bond donors (Lipinski definition) is 1. The van der Waals surface area contributed by atoms with E-state index in [0.717, 1.165) is 17.9 Å². The van der Waals surface area contributed by atoms with Gasteiger partial charge in [0.25, 0.3) is 0 Å². The average Bonchev–Trinajstić information content (AvgIpc) is 2.85. The van der Waals surface area contributed by atoms with Crippen LogP contribution in [0.5, 0.6) is 11.5 Å². The number of anilines is 1. The summed E-state index contributed by atoms with van der Waals surface area (Å²) in [6.45, 7) is 3.35. The topological polar surface area (TPSA) is 62.3 Å². The van der Waals surface area contributed by atoms with E-state index in [0.29, 0.717) is 18.0 Å². The molecule has 96 valence electrons. The van der Waals surface area contributed by atoms with Crippen LogP contribution in [0, 0.1) is 0 Å². The number of nitrogen functional groups attached to an aromatic ring is 1. The second kappa shape index (κ2) is 5.44. The van der Waals surface area contributed by atoms with E-state index in [1.54, 1.807) is 25.4 Å². The van der Waals surface area contributed by atoms with Crippen molar-refractivity contribution in [3.05, 3.63) is 36.2 Å². The minimum atomic E-state index is 0.455. The maximum absolute atomic E-state index is 5.87. The smallest absolute Gasteiger partial charge is 0.142 e. The van der Waals surface area contributed by atoms with Gasteiger partial charge in [0.05, 0.1) is 19.0 Å². The molecule has 1 heterocycles. The Bertz CT molecular complexity index is 523.